The van der Waals surface area contributed by atoms with Gasteiger partial charge in [0.2, 0.25) is 0 Å². The van der Waals surface area contributed by atoms with Gasteiger partial charge in [-0.2, -0.15) is 26.3 Å². The number of halogens is 6. The molecule has 0 bridgehead atoms. The predicted octanol–water partition coefficient (Wildman–Crippen LogP) is 4.02. The minimum atomic E-state index is -5.08. The number of hydrogen-bond donors (Lipinski definition) is 2. The maximum absolute atomic E-state index is 10.6. The van der Waals surface area contributed by atoms with Crippen LogP contribution in [0.15, 0.2) is 18.2 Å². The zero-order valence-electron chi connectivity index (χ0n) is 21.8. The highest BCUT2D eigenvalue weighted by molar-refractivity contribution is 5.73. The first kappa shape index (κ1) is 32.8. The van der Waals surface area contributed by atoms with Crippen molar-refractivity contribution < 1.29 is 55.6 Å². The molecule has 0 radical (unpaired) electrons. The smallest absolute Gasteiger partial charge is 0.475 e. The zero-order chi connectivity index (χ0) is 29.4. The van der Waals surface area contributed by atoms with E-state index in [9.17, 15) is 26.3 Å². The van der Waals surface area contributed by atoms with Gasteiger partial charge in [0, 0.05) is 32.8 Å². The number of piperidine rings is 1. The van der Waals surface area contributed by atoms with Crippen LogP contribution in [0.5, 0.6) is 0 Å². The van der Waals surface area contributed by atoms with Gasteiger partial charge in [-0.05, 0) is 55.8 Å². The molecule has 1 atom stereocenters. The van der Waals surface area contributed by atoms with Crippen molar-refractivity contribution in [2.75, 3.05) is 59.7 Å². The van der Waals surface area contributed by atoms with Crippen LogP contribution in [-0.2, 0) is 24.5 Å². The molecule has 14 heteroatoms. The van der Waals surface area contributed by atoms with Crippen LogP contribution in [0, 0.1) is 6.92 Å². The highest BCUT2D eigenvalue weighted by atomic mass is 19.4. The molecule has 2 heterocycles. The molecule has 39 heavy (non-hydrogen) atoms. The molecule has 1 aliphatic carbocycles. The molecule has 0 amide bonds. The van der Waals surface area contributed by atoms with Crippen molar-refractivity contribution in [2.45, 2.75) is 50.0 Å². The lowest BCUT2D eigenvalue weighted by molar-refractivity contribution is -0.193. The van der Waals surface area contributed by atoms with E-state index in [2.05, 4.69) is 34.9 Å². The van der Waals surface area contributed by atoms with E-state index in [1.807, 2.05) is 0 Å². The molecule has 2 N–H and O–H groups in total. The third-order valence-corrected chi connectivity index (χ3v) is 7.12. The third kappa shape index (κ3) is 9.33. The van der Waals surface area contributed by atoms with Crippen LogP contribution in [-0.4, -0.2) is 104 Å². The van der Waals surface area contributed by atoms with Crippen LogP contribution in [0.3, 0.4) is 0 Å². The SMILES string of the molecule is COCCN1CCC2(CC1)CC(N1CCOCC1)c1ccc(C)cc12.O=C(O)C(F)(F)F.O=C(O)C(F)(F)F. The Morgan fingerprint density at radius 1 is 1.00 bits per heavy atom. The molecule has 2 aliphatic heterocycles. The summed E-state index contributed by atoms with van der Waals surface area (Å²) in [5, 5.41) is 14.2. The summed E-state index contributed by atoms with van der Waals surface area (Å²) in [4.78, 5) is 23.0. The molecule has 0 aromatic heterocycles. The van der Waals surface area contributed by atoms with Gasteiger partial charge in [-0.1, -0.05) is 23.8 Å². The predicted molar refractivity (Wildman–Crippen MR) is 128 cm³/mol. The highest BCUT2D eigenvalue weighted by Gasteiger charge is 2.47. The molecule has 222 valence electrons. The molecule has 8 nitrogen and oxygen atoms in total. The first-order valence-corrected chi connectivity index (χ1v) is 12.3. The van der Waals surface area contributed by atoms with E-state index in [0.29, 0.717) is 11.5 Å². The summed E-state index contributed by atoms with van der Waals surface area (Å²) < 4.78 is 74.3. The summed E-state index contributed by atoms with van der Waals surface area (Å²) in [6, 6.07) is 7.79. The molecule has 2 saturated heterocycles. The van der Waals surface area contributed by atoms with Crippen molar-refractivity contribution in [3.8, 4) is 0 Å². The van der Waals surface area contributed by atoms with Gasteiger partial charge in [0.05, 0.1) is 19.8 Å². The van der Waals surface area contributed by atoms with Gasteiger partial charge in [-0.15, -0.1) is 0 Å². The molecule has 1 aromatic carbocycles. The van der Waals surface area contributed by atoms with Crippen molar-refractivity contribution in [3.05, 3.63) is 34.9 Å². The van der Waals surface area contributed by atoms with Crippen molar-refractivity contribution in [2.24, 2.45) is 0 Å². The number of methoxy groups -OCH3 is 1. The summed E-state index contributed by atoms with van der Waals surface area (Å²) in [5.74, 6) is -5.51. The summed E-state index contributed by atoms with van der Waals surface area (Å²) >= 11 is 0. The molecular weight excluding hydrogens is 538 g/mol. The number of rotatable bonds is 4. The van der Waals surface area contributed by atoms with Crippen LogP contribution < -0.4 is 0 Å². The third-order valence-electron chi connectivity index (χ3n) is 7.12. The van der Waals surface area contributed by atoms with E-state index in [4.69, 9.17) is 29.3 Å². The summed E-state index contributed by atoms with van der Waals surface area (Å²) in [6.07, 6.45) is -6.30. The molecule has 0 saturated carbocycles. The standard InChI is InChI=1S/C21H32N2O2.2C2HF3O2/c1-17-3-4-18-19(15-17)21(5-7-22(8-6-21)9-12-24-2)16-20(18)23-10-13-25-14-11-23;2*3-2(4,5)1(6)7/h3-4,15,20H,5-14,16H2,1-2H3;2*(H,6,7). The number of likely N-dealkylation sites (tertiary alicyclic amines) is 1. The number of benzene rings is 1. The quantitative estimate of drug-likeness (QED) is 0.523. The van der Waals surface area contributed by atoms with Crippen molar-refractivity contribution in [3.63, 3.8) is 0 Å². The summed E-state index contributed by atoms with van der Waals surface area (Å²) in [6.45, 7) is 10.5. The number of aryl methyl sites for hydroxylation is 1. The number of carbonyl (C=O) groups is 2. The number of nitrogens with zero attached hydrogens (tertiary/aromatic N) is 2. The number of ether oxygens (including phenoxy) is 2. The second kappa shape index (κ2) is 13.8. The second-order valence-electron chi connectivity index (χ2n) is 9.68. The minimum absolute atomic E-state index is 0.383. The largest absolute Gasteiger partial charge is 0.490 e. The Labute approximate surface area is 222 Å². The normalized spacial score (nSPS) is 21.3. The molecule has 1 aromatic rings. The minimum Gasteiger partial charge on any atom is -0.475 e. The van der Waals surface area contributed by atoms with Crippen LogP contribution in [0.2, 0.25) is 0 Å². The van der Waals surface area contributed by atoms with Crippen LogP contribution in [0.4, 0.5) is 26.3 Å². The van der Waals surface area contributed by atoms with Crippen molar-refractivity contribution in [1.82, 2.24) is 9.80 Å². The Hall–Kier alpha value is -2.42. The molecule has 4 rings (SSSR count). The van der Waals surface area contributed by atoms with Crippen LogP contribution in [0.25, 0.3) is 0 Å². The lowest BCUT2D eigenvalue weighted by atomic mass is 9.73. The average Bonchev–Trinajstić information content (AvgIpc) is 3.17. The Balaban J connectivity index is 0.000000317. The Bertz CT molecular complexity index is 933. The maximum Gasteiger partial charge on any atom is 0.490 e. The lowest BCUT2D eigenvalue weighted by Gasteiger charge is -2.41. The van der Waals surface area contributed by atoms with Gasteiger partial charge in [0.25, 0.3) is 0 Å². The fourth-order valence-electron chi connectivity index (χ4n) is 5.12. The maximum atomic E-state index is 10.6. The van der Waals surface area contributed by atoms with Crippen molar-refractivity contribution in [1.29, 1.82) is 0 Å². The number of alkyl halides is 6. The number of aliphatic carboxylic acids is 2. The van der Waals surface area contributed by atoms with E-state index in [-0.39, 0.29) is 0 Å². The molecule has 1 spiro atoms. The fraction of sp³-hybridized carbons (Fsp3) is 0.680. The van der Waals surface area contributed by atoms with Crippen LogP contribution >= 0.6 is 0 Å². The number of fused-ring (bicyclic) bond motifs is 2. The molecule has 1 unspecified atom stereocenters. The number of carboxylic acids is 2. The first-order chi connectivity index (χ1) is 18.1. The van der Waals surface area contributed by atoms with E-state index in [1.165, 1.54) is 37.9 Å². The fourth-order valence-corrected chi connectivity index (χ4v) is 5.12. The zero-order valence-corrected chi connectivity index (χ0v) is 21.8. The monoisotopic (exact) mass is 572 g/mol. The highest BCUT2D eigenvalue weighted by Crippen LogP contribution is 2.53. The van der Waals surface area contributed by atoms with E-state index < -0.39 is 24.3 Å². The van der Waals surface area contributed by atoms with Gasteiger partial charge < -0.3 is 24.6 Å². The van der Waals surface area contributed by atoms with Gasteiger partial charge in [-0.3, -0.25) is 4.90 Å². The summed E-state index contributed by atoms with van der Waals surface area (Å²) in [5.41, 5.74) is 5.03. The topological polar surface area (TPSA) is 99.5 Å². The van der Waals surface area contributed by atoms with E-state index in [1.54, 1.807) is 18.2 Å². The van der Waals surface area contributed by atoms with Gasteiger partial charge >= 0.3 is 24.3 Å². The number of carboxylic acid groups (broad SMARTS) is 2. The van der Waals surface area contributed by atoms with Gasteiger partial charge in [0.1, 0.15) is 0 Å². The lowest BCUT2D eigenvalue weighted by Crippen LogP contribution is -2.44. The molecular formula is C25H34F6N2O6. The van der Waals surface area contributed by atoms with Crippen LogP contribution in [0.1, 0.15) is 42.0 Å². The average molecular weight is 573 g/mol. The first-order valence-electron chi connectivity index (χ1n) is 12.3. The molecule has 2 fully saturated rings. The second-order valence-corrected chi connectivity index (χ2v) is 9.68. The van der Waals surface area contributed by atoms with E-state index >= 15 is 0 Å². The van der Waals surface area contributed by atoms with Crippen molar-refractivity contribution >= 4 is 11.9 Å². The van der Waals surface area contributed by atoms with E-state index in [0.717, 1.165) is 39.5 Å². The van der Waals surface area contributed by atoms with Gasteiger partial charge in [-0.25, -0.2) is 9.59 Å². The molecule has 3 aliphatic rings. The Kier molecular flexibility index (Phi) is 11.6. The number of hydrogen-bond acceptors (Lipinski definition) is 6. The number of morpholine rings is 1. The Morgan fingerprint density at radius 3 is 1.97 bits per heavy atom. The Morgan fingerprint density at radius 2 is 1.51 bits per heavy atom. The summed E-state index contributed by atoms with van der Waals surface area (Å²) in [7, 11) is 1.80. The van der Waals surface area contributed by atoms with Gasteiger partial charge in [0.15, 0.2) is 0 Å².